The number of benzene rings is 3. The van der Waals surface area contributed by atoms with Gasteiger partial charge in [-0.3, -0.25) is 3.93 Å². The lowest BCUT2D eigenvalue weighted by atomic mass is 10.0. The Labute approximate surface area is 182 Å². The minimum atomic E-state index is -0.340. The van der Waals surface area contributed by atoms with Crippen molar-refractivity contribution in [3.8, 4) is 11.1 Å². The van der Waals surface area contributed by atoms with Crippen molar-refractivity contribution >= 4 is 50.5 Å². The molecule has 0 aliphatic carbocycles. The number of carbonyl (C=O) groups is 1. The van der Waals surface area contributed by atoms with E-state index in [1.807, 2.05) is 66.7 Å². The SMILES string of the molecule is CCOC(=O)c1cccc(-c2ccc3nc(N)nc(N(Br)c4ccccc4)c3c2)c1. The van der Waals surface area contributed by atoms with Crippen LogP contribution in [0.5, 0.6) is 0 Å². The Kier molecular flexibility index (Phi) is 5.63. The fraction of sp³-hybridized carbons (Fsp3) is 0.0870. The van der Waals surface area contributed by atoms with Crippen molar-refractivity contribution in [2.75, 3.05) is 16.3 Å². The molecule has 150 valence electrons. The maximum Gasteiger partial charge on any atom is 0.338 e. The Balaban J connectivity index is 1.82. The van der Waals surface area contributed by atoms with Gasteiger partial charge in [-0.05, 0) is 54.4 Å². The van der Waals surface area contributed by atoms with Crippen molar-refractivity contribution in [1.29, 1.82) is 0 Å². The summed E-state index contributed by atoms with van der Waals surface area (Å²) < 4.78 is 6.91. The molecular formula is C23H19BrN4O2. The summed E-state index contributed by atoms with van der Waals surface area (Å²) in [6.07, 6.45) is 0. The predicted octanol–water partition coefficient (Wildman–Crippen LogP) is 5.50. The molecule has 0 aliphatic heterocycles. The van der Waals surface area contributed by atoms with E-state index in [4.69, 9.17) is 10.5 Å². The lowest BCUT2D eigenvalue weighted by Gasteiger charge is -2.18. The van der Waals surface area contributed by atoms with Crippen molar-refractivity contribution in [3.05, 3.63) is 78.4 Å². The molecule has 1 heterocycles. The summed E-state index contributed by atoms with van der Waals surface area (Å²) >= 11 is 3.60. The van der Waals surface area contributed by atoms with E-state index in [1.165, 1.54) is 0 Å². The molecule has 0 unspecified atom stereocenters. The Hall–Kier alpha value is -3.45. The van der Waals surface area contributed by atoms with Gasteiger partial charge in [0, 0.05) is 5.39 Å². The Morgan fingerprint density at radius 1 is 1.00 bits per heavy atom. The molecule has 4 aromatic rings. The first-order chi connectivity index (χ1) is 14.6. The molecule has 0 saturated carbocycles. The van der Waals surface area contributed by atoms with E-state index in [1.54, 1.807) is 16.9 Å². The summed E-state index contributed by atoms with van der Waals surface area (Å²) in [5, 5.41) is 0.823. The summed E-state index contributed by atoms with van der Waals surface area (Å²) in [4.78, 5) is 20.9. The zero-order chi connectivity index (χ0) is 21.1. The third-order valence-electron chi connectivity index (χ3n) is 4.57. The normalized spacial score (nSPS) is 10.7. The number of ether oxygens (including phenoxy) is 1. The number of hydrogen-bond acceptors (Lipinski definition) is 6. The highest BCUT2D eigenvalue weighted by molar-refractivity contribution is 9.10. The number of para-hydroxylation sites is 1. The molecule has 0 bridgehead atoms. The number of rotatable bonds is 5. The molecule has 6 nitrogen and oxygen atoms in total. The van der Waals surface area contributed by atoms with Crippen LogP contribution < -0.4 is 9.66 Å². The Morgan fingerprint density at radius 2 is 1.77 bits per heavy atom. The van der Waals surface area contributed by atoms with Gasteiger partial charge in [0.05, 0.1) is 39.5 Å². The maximum atomic E-state index is 12.1. The molecule has 0 fully saturated rings. The van der Waals surface area contributed by atoms with Crippen LogP contribution in [-0.4, -0.2) is 22.5 Å². The summed E-state index contributed by atoms with van der Waals surface area (Å²) in [6.45, 7) is 2.12. The molecule has 4 rings (SSSR count). The highest BCUT2D eigenvalue weighted by atomic mass is 79.9. The average Bonchev–Trinajstić information content (AvgIpc) is 2.78. The lowest BCUT2D eigenvalue weighted by molar-refractivity contribution is 0.0526. The van der Waals surface area contributed by atoms with Gasteiger partial charge in [0.2, 0.25) is 5.95 Å². The minimum absolute atomic E-state index is 0.190. The second-order valence-electron chi connectivity index (χ2n) is 6.55. The summed E-state index contributed by atoms with van der Waals surface area (Å²) in [6, 6.07) is 23.0. The van der Waals surface area contributed by atoms with Crippen LogP contribution >= 0.6 is 16.1 Å². The van der Waals surface area contributed by atoms with Gasteiger partial charge in [0.1, 0.15) is 0 Å². The van der Waals surface area contributed by atoms with E-state index in [-0.39, 0.29) is 11.9 Å². The molecule has 0 atom stereocenters. The Bertz CT molecular complexity index is 1210. The number of nitrogens with two attached hydrogens (primary N) is 1. The maximum absolute atomic E-state index is 12.1. The number of nitrogen functional groups attached to an aromatic ring is 1. The number of carbonyl (C=O) groups excluding carboxylic acids is 1. The summed E-state index contributed by atoms with van der Waals surface area (Å²) in [5.74, 6) is 0.481. The number of halogens is 1. The zero-order valence-corrected chi connectivity index (χ0v) is 17.8. The number of anilines is 3. The number of hydrogen-bond donors (Lipinski definition) is 1. The molecule has 30 heavy (non-hydrogen) atoms. The van der Waals surface area contributed by atoms with Crippen LogP contribution in [0.15, 0.2) is 72.8 Å². The minimum Gasteiger partial charge on any atom is -0.462 e. The van der Waals surface area contributed by atoms with E-state index in [9.17, 15) is 4.79 Å². The topological polar surface area (TPSA) is 81.3 Å². The molecule has 0 saturated heterocycles. The van der Waals surface area contributed by atoms with E-state index in [0.717, 1.165) is 27.7 Å². The zero-order valence-electron chi connectivity index (χ0n) is 16.2. The largest absolute Gasteiger partial charge is 0.462 e. The van der Waals surface area contributed by atoms with Crippen molar-refractivity contribution in [1.82, 2.24) is 9.97 Å². The van der Waals surface area contributed by atoms with Gasteiger partial charge in [-0.25, -0.2) is 9.78 Å². The monoisotopic (exact) mass is 462 g/mol. The van der Waals surface area contributed by atoms with Gasteiger partial charge in [0.15, 0.2) is 5.82 Å². The molecule has 7 heteroatoms. The number of fused-ring (bicyclic) bond motifs is 1. The second-order valence-corrected chi connectivity index (χ2v) is 7.26. The van der Waals surface area contributed by atoms with Crippen LogP contribution in [0.1, 0.15) is 17.3 Å². The van der Waals surface area contributed by atoms with E-state index in [0.29, 0.717) is 18.0 Å². The first-order valence-corrected chi connectivity index (χ1v) is 10.1. The third-order valence-corrected chi connectivity index (χ3v) is 5.31. The van der Waals surface area contributed by atoms with Crippen LogP contribution in [0.25, 0.3) is 22.0 Å². The summed E-state index contributed by atoms with van der Waals surface area (Å²) in [5.41, 5.74) is 9.92. The van der Waals surface area contributed by atoms with Crippen molar-refractivity contribution in [2.45, 2.75) is 6.92 Å². The van der Waals surface area contributed by atoms with Gasteiger partial charge in [-0.1, -0.05) is 36.4 Å². The average molecular weight is 463 g/mol. The number of nitrogens with zero attached hydrogens (tertiary/aromatic N) is 3. The molecular weight excluding hydrogens is 444 g/mol. The van der Waals surface area contributed by atoms with Gasteiger partial charge in [-0.2, -0.15) is 4.98 Å². The van der Waals surface area contributed by atoms with E-state index >= 15 is 0 Å². The Morgan fingerprint density at radius 3 is 2.53 bits per heavy atom. The van der Waals surface area contributed by atoms with E-state index in [2.05, 4.69) is 26.1 Å². The van der Waals surface area contributed by atoms with Crippen LogP contribution in [0, 0.1) is 0 Å². The smallest absolute Gasteiger partial charge is 0.338 e. The van der Waals surface area contributed by atoms with Crippen molar-refractivity contribution in [3.63, 3.8) is 0 Å². The third kappa shape index (κ3) is 3.97. The predicted molar refractivity (Wildman–Crippen MR) is 123 cm³/mol. The molecule has 0 aliphatic rings. The van der Waals surface area contributed by atoms with Gasteiger partial charge in [-0.15, -0.1) is 0 Å². The summed E-state index contributed by atoms with van der Waals surface area (Å²) in [7, 11) is 0. The molecule has 2 N–H and O–H groups in total. The van der Waals surface area contributed by atoms with Crippen LogP contribution in [-0.2, 0) is 4.74 Å². The quantitative estimate of drug-likeness (QED) is 0.311. The molecule has 0 amide bonds. The fourth-order valence-electron chi connectivity index (χ4n) is 3.18. The molecule has 3 aromatic carbocycles. The number of esters is 1. The van der Waals surface area contributed by atoms with Gasteiger partial charge in [0.25, 0.3) is 0 Å². The fourth-order valence-corrected chi connectivity index (χ4v) is 3.69. The first kappa shape index (κ1) is 19.8. The van der Waals surface area contributed by atoms with Crippen LogP contribution in [0.3, 0.4) is 0 Å². The van der Waals surface area contributed by atoms with Crippen molar-refractivity contribution in [2.24, 2.45) is 0 Å². The highest BCUT2D eigenvalue weighted by Crippen LogP contribution is 2.35. The van der Waals surface area contributed by atoms with Gasteiger partial charge < -0.3 is 10.5 Å². The number of aromatic nitrogens is 2. The molecule has 0 radical (unpaired) electrons. The first-order valence-electron chi connectivity index (χ1n) is 9.42. The van der Waals surface area contributed by atoms with Crippen LogP contribution in [0.2, 0.25) is 0 Å². The second kappa shape index (κ2) is 8.51. The van der Waals surface area contributed by atoms with Crippen molar-refractivity contribution < 1.29 is 9.53 Å². The molecule has 1 aromatic heterocycles. The van der Waals surface area contributed by atoms with Gasteiger partial charge >= 0.3 is 5.97 Å². The standard InChI is InChI=1S/C23H19BrN4O2/c1-2-30-22(29)17-8-6-7-15(13-17)16-11-12-20-19(14-16)21(27-23(25)26-20)28(24)18-9-4-3-5-10-18/h3-14H,2H2,1H3,(H2,25,26,27). The highest BCUT2D eigenvalue weighted by Gasteiger charge is 2.15. The van der Waals surface area contributed by atoms with E-state index < -0.39 is 0 Å². The molecule has 0 spiro atoms. The lowest BCUT2D eigenvalue weighted by Crippen LogP contribution is -2.07. The van der Waals surface area contributed by atoms with Crippen LogP contribution in [0.4, 0.5) is 17.5 Å².